The lowest BCUT2D eigenvalue weighted by molar-refractivity contribution is 0.0983. The average Bonchev–Trinajstić information content (AvgIpc) is 2.73. The lowest BCUT2D eigenvalue weighted by Crippen LogP contribution is -2.30. The van der Waals surface area contributed by atoms with E-state index in [9.17, 15) is 4.79 Å². The van der Waals surface area contributed by atoms with Crippen LogP contribution in [0.3, 0.4) is 0 Å². The lowest BCUT2D eigenvalue weighted by atomic mass is 10.1. The maximum absolute atomic E-state index is 12.8. The fraction of sp³-hybridized carbons (Fsp3) is 0.375. The van der Waals surface area contributed by atoms with Crippen LogP contribution in [0, 0.1) is 20.8 Å². The Morgan fingerprint density at radius 3 is 2.57 bits per heavy atom. The van der Waals surface area contributed by atoms with Gasteiger partial charge in [-0.25, -0.2) is 0 Å². The molecule has 2 rings (SSSR count). The van der Waals surface area contributed by atoms with Gasteiger partial charge in [-0.1, -0.05) is 17.7 Å². The van der Waals surface area contributed by atoms with Crippen molar-refractivity contribution in [3.63, 3.8) is 0 Å². The normalized spacial score (nSPS) is 10.7. The molecule has 0 saturated carbocycles. The molecule has 0 bridgehead atoms. The van der Waals surface area contributed by atoms with Crippen molar-refractivity contribution in [2.24, 2.45) is 0 Å². The minimum atomic E-state index is -0.137. The largest absolute Gasteiger partial charge is 0.395 e. The highest BCUT2D eigenvalue weighted by molar-refractivity contribution is 6.08. The van der Waals surface area contributed by atoms with Gasteiger partial charge in [0.1, 0.15) is 5.69 Å². The summed E-state index contributed by atoms with van der Waals surface area (Å²) >= 11 is 0. The molecule has 5 heteroatoms. The number of carbonyl (C=O) groups excluding carboxylic acids is 1. The van der Waals surface area contributed by atoms with E-state index in [-0.39, 0.29) is 5.91 Å². The molecule has 0 saturated heterocycles. The Balaban J connectivity index is 2.44. The van der Waals surface area contributed by atoms with E-state index >= 15 is 0 Å². The number of nitrogens with two attached hydrogens (primary N) is 1. The number of nitrogen functional groups attached to an aromatic ring is 1. The van der Waals surface area contributed by atoms with Gasteiger partial charge < -0.3 is 10.6 Å². The van der Waals surface area contributed by atoms with Crippen molar-refractivity contribution in [3.05, 3.63) is 40.7 Å². The molecule has 1 aromatic carbocycles. The molecule has 112 valence electrons. The van der Waals surface area contributed by atoms with Crippen molar-refractivity contribution in [2.45, 2.75) is 34.2 Å². The van der Waals surface area contributed by atoms with Crippen LogP contribution in [0.2, 0.25) is 0 Å². The third-order valence-corrected chi connectivity index (χ3v) is 3.69. The summed E-state index contributed by atoms with van der Waals surface area (Å²) in [6, 6.07) is 6.01. The second-order valence-electron chi connectivity index (χ2n) is 5.32. The zero-order chi connectivity index (χ0) is 15.7. The van der Waals surface area contributed by atoms with Gasteiger partial charge in [-0.05, 0) is 39.3 Å². The van der Waals surface area contributed by atoms with Crippen LogP contribution in [0.5, 0.6) is 0 Å². The van der Waals surface area contributed by atoms with Crippen LogP contribution in [0.1, 0.15) is 34.2 Å². The third-order valence-electron chi connectivity index (χ3n) is 3.69. The molecule has 2 N–H and O–H groups in total. The highest BCUT2D eigenvalue weighted by Crippen LogP contribution is 2.24. The van der Waals surface area contributed by atoms with E-state index in [2.05, 4.69) is 11.2 Å². The zero-order valence-corrected chi connectivity index (χ0v) is 13.3. The Hall–Kier alpha value is -2.30. The Morgan fingerprint density at radius 2 is 2.00 bits per heavy atom. The summed E-state index contributed by atoms with van der Waals surface area (Å²) in [6.45, 7) is 8.40. The summed E-state index contributed by atoms with van der Waals surface area (Å²) in [5, 5.41) is 4.31. The van der Waals surface area contributed by atoms with E-state index in [0.717, 1.165) is 11.3 Å². The fourth-order valence-electron chi connectivity index (χ4n) is 2.50. The molecule has 0 fully saturated rings. The van der Waals surface area contributed by atoms with Crippen molar-refractivity contribution in [3.8, 4) is 0 Å². The van der Waals surface area contributed by atoms with Gasteiger partial charge in [-0.3, -0.25) is 9.48 Å². The fourth-order valence-corrected chi connectivity index (χ4v) is 2.50. The SMILES string of the molecule is CCn1nc(C)c(N)c1C(=O)N(C)c1ccc(C)cc1C. The Labute approximate surface area is 125 Å². The van der Waals surface area contributed by atoms with Crippen LogP contribution in [-0.4, -0.2) is 22.7 Å². The number of anilines is 2. The number of rotatable bonds is 3. The standard InChI is InChI=1S/C16H22N4O/c1-6-20-15(14(17)12(4)18-20)16(21)19(5)13-8-7-10(2)9-11(13)3/h7-9H,6,17H2,1-5H3. The predicted molar refractivity (Wildman–Crippen MR) is 85.7 cm³/mol. The van der Waals surface area contributed by atoms with Crippen LogP contribution < -0.4 is 10.6 Å². The summed E-state index contributed by atoms with van der Waals surface area (Å²) < 4.78 is 1.66. The highest BCUT2D eigenvalue weighted by atomic mass is 16.2. The van der Waals surface area contributed by atoms with Crippen LogP contribution >= 0.6 is 0 Å². The van der Waals surface area contributed by atoms with Gasteiger partial charge in [-0.15, -0.1) is 0 Å². The van der Waals surface area contributed by atoms with E-state index < -0.39 is 0 Å². The van der Waals surface area contributed by atoms with Gasteiger partial charge in [0.2, 0.25) is 0 Å². The first-order valence-electron chi connectivity index (χ1n) is 7.05. The molecule has 5 nitrogen and oxygen atoms in total. The number of nitrogens with zero attached hydrogens (tertiary/aromatic N) is 3. The molecular weight excluding hydrogens is 264 g/mol. The molecule has 1 amide bonds. The minimum absolute atomic E-state index is 0.137. The second kappa shape index (κ2) is 5.60. The van der Waals surface area contributed by atoms with Gasteiger partial charge in [-0.2, -0.15) is 5.10 Å². The third kappa shape index (κ3) is 2.63. The zero-order valence-electron chi connectivity index (χ0n) is 13.3. The summed E-state index contributed by atoms with van der Waals surface area (Å²) in [6.07, 6.45) is 0. The molecule has 1 aromatic heterocycles. The molecule has 0 atom stereocenters. The van der Waals surface area contributed by atoms with Crippen LogP contribution in [0.4, 0.5) is 11.4 Å². The van der Waals surface area contributed by atoms with E-state index in [1.165, 1.54) is 5.56 Å². The molecule has 0 aliphatic heterocycles. The molecule has 0 aliphatic carbocycles. The first-order chi connectivity index (χ1) is 9.86. The topological polar surface area (TPSA) is 64.2 Å². The number of aromatic nitrogens is 2. The van der Waals surface area contributed by atoms with Gasteiger partial charge >= 0.3 is 0 Å². The molecule has 0 spiro atoms. The quantitative estimate of drug-likeness (QED) is 0.943. The van der Waals surface area contributed by atoms with Gasteiger partial charge in [0.15, 0.2) is 0 Å². The monoisotopic (exact) mass is 286 g/mol. The van der Waals surface area contributed by atoms with Crippen molar-refractivity contribution in [1.29, 1.82) is 0 Å². The highest BCUT2D eigenvalue weighted by Gasteiger charge is 2.23. The van der Waals surface area contributed by atoms with E-state index in [0.29, 0.717) is 23.6 Å². The van der Waals surface area contributed by atoms with E-state index in [1.807, 2.05) is 39.8 Å². The minimum Gasteiger partial charge on any atom is -0.395 e. The maximum Gasteiger partial charge on any atom is 0.278 e. The number of amides is 1. The molecule has 0 unspecified atom stereocenters. The Kier molecular flexibility index (Phi) is 4.02. The second-order valence-corrected chi connectivity index (χ2v) is 5.32. The van der Waals surface area contributed by atoms with Crippen molar-refractivity contribution < 1.29 is 4.79 Å². The van der Waals surface area contributed by atoms with E-state index in [4.69, 9.17) is 5.73 Å². The van der Waals surface area contributed by atoms with Gasteiger partial charge in [0.25, 0.3) is 5.91 Å². The number of carbonyl (C=O) groups is 1. The number of benzene rings is 1. The molecular formula is C16H22N4O. The molecule has 2 aromatic rings. The smallest absolute Gasteiger partial charge is 0.278 e. The number of hydrogen-bond donors (Lipinski definition) is 1. The first-order valence-corrected chi connectivity index (χ1v) is 7.05. The number of aryl methyl sites for hydroxylation is 4. The maximum atomic E-state index is 12.8. The summed E-state index contributed by atoms with van der Waals surface area (Å²) in [7, 11) is 1.77. The average molecular weight is 286 g/mol. The van der Waals surface area contributed by atoms with Crippen molar-refractivity contribution in [1.82, 2.24) is 9.78 Å². The molecule has 0 aliphatic rings. The van der Waals surface area contributed by atoms with Crippen LogP contribution in [-0.2, 0) is 6.54 Å². The van der Waals surface area contributed by atoms with Crippen molar-refractivity contribution in [2.75, 3.05) is 17.7 Å². The number of hydrogen-bond acceptors (Lipinski definition) is 3. The van der Waals surface area contributed by atoms with E-state index in [1.54, 1.807) is 16.6 Å². The molecule has 0 radical (unpaired) electrons. The van der Waals surface area contributed by atoms with Crippen molar-refractivity contribution >= 4 is 17.3 Å². The Bertz CT molecular complexity index is 688. The predicted octanol–water partition coefficient (Wildman–Crippen LogP) is 2.69. The van der Waals surface area contributed by atoms with Crippen LogP contribution in [0.25, 0.3) is 0 Å². The summed E-state index contributed by atoms with van der Waals surface area (Å²) in [5.74, 6) is -0.137. The summed E-state index contributed by atoms with van der Waals surface area (Å²) in [4.78, 5) is 14.4. The van der Waals surface area contributed by atoms with Gasteiger partial charge in [0, 0.05) is 19.3 Å². The van der Waals surface area contributed by atoms with Gasteiger partial charge in [0.05, 0.1) is 11.4 Å². The lowest BCUT2D eigenvalue weighted by Gasteiger charge is -2.20. The first kappa shape index (κ1) is 15.1. The molecule has 1 heterocycles. The summed E-state index contributed by atoms with van der Waals surface area (Å²) in [5.41, 5.74) is 10.7. The van der Waals surface area contributed by atoms with Crippen LogP contribution in [0.15, 0.2) is 18.2 Å². The molecule has 21 heavy (non-hydrogen) atoms. The Morgan fingerprint density at radius 1 is 1.33 bits per heavy atom.